The third-order valence-corrected chi connectivity index (χ3v) is 1.75. The van der Waals surface area contributed by atoms with Gasteiger partial charge in [0.1, 0.15) is 0 Å². The Kier molecular flexibility index (Phi) is 5.14. The van der Waals surface area contributed by atoms with E-state index in [9.17, 15) is 0 Å². The molecule has 0 aromatic heterocycles. The predicted molar refractivity (Wildman–Crippen MR) is 62.8 cm³/mol. The van der Waals surface area contributed by atoms with Crippen LogP contribution in [0.15, 0.2) is 72.4 Å². The first-order chi connectivity index (χ1) is 6.93. The van der Waals surface area contributed by atoms with Crippen LogP contribution in [0, 0.1) is 0 Å². The maximum absolute atomic E-state index is 5.57. The maximum atomic E-state index is 5.57. The van der Waals surface area contributed by atoms with Gasteiger partial charge in [0, 0.05) is 6.54 Å². The van der Waals surface area contributed by atoms with E-state index < -0.39 is 0 Å². The topological polar surface area (TPSA) is 26.0 Å². The lowest BCUT2D eigenvalue weighted by Gasteiger charge is -1.92. The first-order valence-electron chi connectivity index (χ1n) is 4.67. The third-order valence-electron chi connectivity index (χ3n) is 1.75. The van der Waals surface area contributed by atoms with E-state index in [4.69, 9.17) is 5.73 Å². The first kappa shape index (κ1) is 10.5. The lowest BCUT2D eigenvalue weighted by molar-refractivity contribution is 1.19. The largest absolute Gasteiger partial charge is 0.326 e. The second-order valence-electron chi connectivity index (χ2n) is 2.84. The van der Waals surface area contributed by atoms with Crippen molar-refractivity contribution in [3.05, 3.63) is 72.4 Å². The number of rotatable bonds is 1. The highest BCUT2D eigenvalue weighted by molar-refractivity contribution is 5.30. The highest BCUT2D eigenvalue weighted by Gasteiger charge is 1.83. The summed E-state index contributed by atoms with van der Waals surface area (Å²) in [6.45, 7) is 0.564. The molecule has 0 aromatic carbocycles. The zero-order valence-electron chi connectivity index (χ0n) is 8.14. The molecule has 1 heteroatoms. The van der Waals surface area contributed by atoms with E-state index in [0.717, 1.165) is 5.57 Å². The van der Waals surface area contributed by atoms with Crippen molar-refractivity contribution < 1.29 is 0 Å². The SMILES string of the molecule is NCC1=C\C=C/C=C\C=C/C=C\C=C1. The molecule has 0 aromatic rings. The van der Waals surface area contributed by atoms with Crippen LogP contribution < -0.4 is 5.73 Å². The molecule has 1 rings (SSSR count). The maximum Gasteiger partial charge on any atom is 0.0178 e. The summed E-state index contributed by atoms with van der Waals surface area (Å²) >= 11 is 0. The molecule has 0 saturated carbocycles. The highest BCUT2D eigenvalue weighted by atomic mass is 14.5. The van der Waals surface area contributed by atoms with Crippen molar-refractivity contribution in [1.29, 1.82) is 0 Å². The molecule has 0 radical (unpaired) electrons. The van der Waals surface area contributed by atoms with Gasteiger partial charge >= 0.3 is 0 Å². The summed E-state index contributed by atoms with van der Waals surface area (Å²) in [7, 11) is 0. The van der Waals surface area contributed by atoms with Crippen molar-refractivity contribution in [2.24, 2.45) is 5.73 Å². The normalized spacial score (nSPS) is 25.4. The van der Waals surface area contributed by atoms with E-state index in [1.807, 2.05) is 66.8 Å². The lowest BCUT2D eigenvalue weighted by Crippen LogP contribution is -2.00. The summed E-state index contributed by atoms with van der Waals surface area (Å²) in [6, 6.07) is 0. The molecule has 0 bridgehead atoms. The second kappa shape index (κ2) is 6.87. The Bertz CT molecular complexity index is 325. The van der Waals surface area contributed by atoms with Gasteiger partial charge in [0.05, 0.1) is 0 Å². The Morgan fingerprint density at radius 3 is 1.79 bits per heavy atom. The Hall–Kier alpha value is -1.60. The average molecular weight is 185 g/mol. The van der Waals surface area contributed by atoms with Crippen LogP contribution in [0.25, 0.3) is 0 Å². The van der Waals surface area contributed by atoms with Crippen LogP contribution in [-0.2, 0) is 0 Å². The number of hydrogen-bond acceptors (Lipinski definition) is 1. The minimum atomic E-state index is 0.564. The average Bonchev–Trinajstić information content (AvgIpc) is 2.19. The van der Waals surface area contributed by atoms with Gasteiger partial charge in [-0.25, -0.2) is 0 Å². The molecular formula is C13H15N. The van der Waals surface area contributed by atoms with Crippen molar-refractivity contribution in [1.82, 2.24) is 0 Å². The van der Waals surface area contributed by atoms with Crippen LogP contribution in [0.2, 0.25) is 0 Å². The molecule has 0 atom stereocenters. The van der Waals surface area contributed by atoms with E-state index in [2.05, 4.69) is 0 Å². The minimum absolute atomic E-state index is 0.564. The van der Waals surface area contributed by atoms with Crippen molar-refractivity contribution in [3.63, 3.8) is 0 Å². The van der Waals surface area contributed by atoms with Crippen LogP contribution >= 0.6 is 0 Å². The summed E-state index contributed by atoms with van der Waals surface area (Å²) in [5, 5.41) is 0. The molecule has 0 unspecified atom stereocenters. The monoisotopic (exact) mass is 185 g/mol. The van der Waals surface area contributed by atoms with Crippen LogP contribution in [-0.4, -0.2) is 6.54 Å². The van der Waals surface area contributed by atoms with Crippen molar-refractivity contribution in [2.45, 2.75) is 0 Å². The van der Waals surface area contributed by atoms with E-state index >= 15 is 0 Å². The fourth-order valence-electron chi connectivity index (χ4n) is 0.999. The Morgan fingerprint density at radius 2 is 1.21 bits per heavy atom. The van der Waals surface area contributed by atoms with E-state index in [0.29, 0.717) is 6.54 Å². The molecular weight excluding hydrogens is 170 g/mol. The van der Waals surface area contributed by atoms with E-state index in [-0.39, 0.29) is 0 Å². The van der Waals surface area contributed by atoms with Gasteiger partial charge in [0.25, 0.3) is 0 Å². The zero-order chi connectivity index (χ0) is 10.1. The Labute approximate surface area is 85.3 Å². The lowest BCUT2D eigenvalue weighted by atomic mass is 10.2. The number of nitrogens with two attached hydrogens (primary N) is 1. The summed E-state index contributed by atoms with van der Waals surface area (Å²) in [5.74, 6) is 0. The zero-order valence-corrected chi connectivity index (χ0v) is 8.14. The van der Waals surface area contributed by atoms with Crippen molar-refractivity contribution in [3.8, 4) is 0 Å². The van der Waals surface area contributed by atoms with Crippen molar-refractivity contribution in [2.75, 3.05) is 6.54 Å². The van der Waals surface area contributed by atoms with Crippen LogP contribution in [0.5, 0.6) is 0 Å². The number of allylic oxidation sites excluding steroid dienone is 10. The van der Waals surface area contributed by atoms with E-state index in [1.54, 1.807) is 0 Å². The van der Waals surface area contributed by atoms with Gasteiger partial charge in [-0.2, -0.15) is 0 Å². The smallest absolute Gasteiger partial charge is 0.0178 e. The minimum Gasteiger partial charge on any atom is -0.326 e. The second-order valence-corrected chi connectivity index (χ2v) is 2.84. The molecule has 1 aliphatic carbocycles. The molecule has 1 aliphatic rings. The molecule has 0 spiro atoms. The molecule has 1 nitrogen and oxygen atoms in total. The molecule has 14 heavy (non-hydrogen) atoms. The fourth-order valence-corrected chi connectivity index (χ4v) is 0.999. The van der Waals surface area contributed by atoms with Gasteiger partial charge in [-0.05, 0) is 5.57 Å². The standard InChI is InChI=1S/C13H15N/c14-12-13-10-8-6-4-2-1-3-5-7-9-11-13/h1-11H,12,14H2/b2-1-,3-1?,4-2?,5-3-,6-4-,7-5?,8-6?,9-7-,10-8?,11-9?,13-10?,13-11?. The molecule has 0 fully saturated rings. The highest BCUT2D eigenvalue weighted by Crippen LogP contribution is 1.97. The molecule has 72 valence electrons. The summed E-state index contributed by atoms with van der Waals surface area (Å²) in [5.41, 5.74) is 6.69. The van der Waals surface area contributed by atoms with Gasteiger partial charge in [0.2, 0.25) is 0 Å². The van der Waals surface area contributed by atoms with Gasteiger partial charge < -0.3 is 5.73 Å². The Morgan fingerprint density at radius 1 is 0.714 bits per heavy atom. The van der Waals surface area contributed by atoms with Gasteiger partial charge in [-0.15, -0.1) is 0 Å². The van der Waals surface area contributed by atoms with Crippen LogP contribution in [0.4, 0.5) is 0 Å². The van der Waals surface area contributed by atoms with Gasteiger partial charge in [0.15, 0.2) is 0 Å². The molecule has 0 aliphatic heterocycles. The molecule has 0 heterocycles. The van der Waals surface area contributed by atoms with Crippen LogP contribution in [0.1, 0.15) is 0 Å². The van der Waals surface area contributed by atoms with Gasteiger partial charge in [-0.1, -0.05) is 66.8 Å². The molecule has 0 amide bonds. The fraction of sp³-hybridized carbons (Fsp3) is 0.0769. The predicted octanol–water partition coefficient (Wildman–Crippen LogP) is 2.67. The summed E-state index contributed by atoms with van der Waals surface area (Å²) in [4.78, 5) is 0. The van der Waals surface area contributed by atoms with Gasteiger partial charge in [-0.3, -0.25) is 0 Å². The quantitative estimate of drug-likeness (QED) is 0.667. The van der Waals surface area contributed by atoms with Crippen LogP contribution in [0.3, 0.4) is 0 Å². The Balaban J connectivity index is 2.80. The third kappa shape index (κ3) is 4.43. The van der Waals surface area contributed by atoms with Crippen molar-refractivity contribution >= 4 is 0 Å². The summed E-state index contributed by atoms with van der Waals surface area (Å²) < 4.78 is 0. The van der Waals surface area contributed by atoms with E-state index in [1.165, 1.54) is 0 Å². The summed E-state index contributed by atoms with van der Waals surface area (Å²) in [6.07, 6.45) is 21.9. The first-order valence-corrected chi connectivity index (χ1v) is 4.67. The molecule has 2 N–H and O–H groups in total. The molecule has 0 saturated heterocycles. The number of hydrogen-bond donors (Lipinski definition) is 1.